The number of nitrogens with zero attached hydrogens (tertiary/aromatic N) is 4. The van der Waals surface area contributed by atoms with E-state index < -0.39 is 10.0 Å². The minimum absolute atomic E-state index is 0.124. The highest BCUT2D eigenvalue weighted by Gasteiger charge is 2.30. The van der Waals surface area contributed by atoms with Crippen LogP contribution >= 0.6 is 0 Å². The molecule has 0 spiro atoms. The van der Waals surface area contributed by atoms with Gasteiger partial charge in [0.1, 0.15) is 5.78 Å². The van der Waals surface area contributed by atoms with Gasteiger partial charge in [0.05, 0.1) is 10.4 Å². The maximum atomic E-state index is 13.6. The summed E-state index contributed by atoms with van der Waals surface area (Å²) in [6.45, 7) is 5.04. The van der Waals surface area contributed by atoms with Gasteiger partial charge < -0.3 is 9.80 Å². The van der Waals surface area contributed by atoms with E-state index in [4.69, 9.17) is 0 Å². The number of fused-ring (bicyclic) bond motifs is 2. The molecule has 1 aliphatic carbocycles. The molecule has 2 aromatic carbocycles. The van der Waals surface area contributed by atoms with Crippen molar-refractivity contribution in [2.45, 2.75) is 30.6 Å². The number of rotatable bonds is 4. The van der Waals surface area contributed by atoms with E-state index in [1.165, 1.54) is 4.09 Å². The van der Waals surface area contributed by atoms with Gasteiger partial charge in [0.25, 0.3) is 10.0 Å². The van der Waals surface area contributed by atoms with Gasteiger partial charge in [0.15, 0.2) is 5.82 Å². The van der Waals surface area contributed by atoms with Gasteiger partial charge in [0.2, 0.25) is 0 Å². The molecule has 7 nitrogen and oxygen atoms in total. The van der Waals surface area contributed by atoms with Crippen molar-refractivity contribution >= 4 is 32.5 Å². The summed E-state index contributed by atoms with van der Waals surface area (Å²) in [4.78, 5) is 16.5. The lowest BCUT2D eigenvalue weighted by Crippen LogP contribution is -2.44. The molecule has 0 saturated carbocycles. The normalized spacial score (nSPS) is 19.7. The number of carbonyl (C=O) groups excluding carboxylic acids is 1. The fraction of sp³-hybridized carbons (Fsp3) is 0.391. The molecule has 1 fully saturated rings. The molecule has 1 aromatic heterocycles. The number of hydrogen-bond donors (Lipinski definition) is 0. The molecule has 1 atom stereocenters. The second-order valence-electron chi connectivity index (χ2n) is 8.54. The van der Waals surface area contributed by atoms with E-state index in [9.17, 15) is 13.2 Å². The Morgan fingerprint density at radius 2 is 1.81 bits per heavy atom. The molecule has 31 heavy (non-hydrogen) atoms. The molecular formula is C23H26N4O3S. The highest BCUT2D eigenvalue weighted by atomic mass is 32.2. The van der Waals surface area contributed by atoms with Crippen molar-refractivity contribution in [3.8, 4) is 0 Å². The minimum atomic E-state index is -3.87. The number of benzene rings is 2. The zero-order valence-electron chi connectivity index (χ0n) is 17.8. The van der Waals surface area contributed by atoms with E-state index in [0.717, 1.165) is 55.5 Å². The average molecular weight is 439 g/mol. The summed E-state index contributed by atoms with van der Waals surface area (Å²) >= 11 is 0. The van der Waals surface area contributed by atoms with E-state index in [1.54, 1.807) is 31.2 Å². The van der Waals surface area contributed by atoms with Crippen molar-refractivity contribution in [2.75, 3.05) is 38.1 Å². The van der Waals surface area contributed by atoms with Crippen molar-refractivity contribution in [3.63, 3.8) is 0 Å². The molecule has 2 aliphatic rings. The Morgan fingerprint density at radius 1 is 1.06 bits per heavy atom. The first-order chi connectivity index (χ1) is 14.9. The maximum absolute atomic E-state index is 13.6. The van der Waals surface area contributed by atoms with Gasteiger partial charge in [-0.3, -0.25) is 4.79 Å². The molecule has 0 amide bonds. The van der Waals surface area contributed by atoms with Crippen LogP contribution in [0.3, 0.4) is 0 Å². The van der Waals surface area contributed by atoms with E-state index >= 15 is 0 Å². The number of hydrogen-bond acceptors (Lipinski definition) is 6. The van der Waals surface area contributed by atoms with E-state index in [1.807, 2.05) is 18.2 Å². The van der Waals surface area contributed by atoms with Crippen LogP contribution in [-0.4, -0.2) is 61.5 Å². The molecule has 2 heterocycles. The summed E-state index contributed by atoms with van der Waals surface area (Å²) in [5, 5.41) is 5.45. The van der Waals surface area contributed by atoms with E-state index in [-0.39, 0.29) is 16.6 Å². The number of aryl methyl sites for hydroxylation is 1. The summed E-state index contributed by atoms with van der Waals surface area (Å²) in [7, 11) is -1.78. The first kappa shape index (κ1) is 20.2. The van der Waals surface area contributed by atoms with Crippen LogP contribution in [0.1, 0.15) is 30.4 Å². The summed E-state index contributed by atoms with van der Waals surface area (Å²) < 4.78 is 28.4. The first-order valence-electron chi connectivity index (χ1n) is 10.7. The van der Waals surface area contributed by atoms with Crippen molar-refractivity contribution in [1.82, 2.24) is 14.1 Å². The van der Waals surface area contributed by atoms with E-state index in [2.05, 4.69) is 21.9 Å². The van der Waals surface area contributed by atoms with Crippen molar-refractivity contribution in [3.05, 3.63) is 53.6 Å². The number of anilines is 1. The predicted molar refractivity (Wildman–Crippen MR) is 120 cm³/mol. The van der Waals surface area contributed by atoms with Crippen molar-refractivity contribution < 1.29 is 13.2 Å². The van der Waals surface area contributed by atoms with Crippen LogP contribution < -0.4 is 4.90 Å². The number of likely N-dealkylation sites (N-methyl/N-ethyl adjacent to an activating group) is 1. The maximum Gasteiger partial charge on any atom is 0.283 e. The Morgan fingerprint density at radius 3 is 2.55 bits per heavy atom. The molecule has 1 saturated heterocycles. The third-order valence-corrected chi connectivity index (χ3v) is 8.13. The van der Waals surface area contributed by atoms with Crippen LogP contribution in [0.15, 0.2) is 47.4 Å². The van der Waals surface area contributed by atoms with Crippen LogP contribution in [0, 0.1) is 0 Å². The summed E-state index contributed by atoms with van der Waals surface area (Å²) in [6, 6.07) is 12.6. The van der Waals surface area contributed by atoms with Crippen LogP contribution in [0.2, 0.25) is 0 Å². The Kier molecular flexibility index (Phi) is 4.86. The van der Waals surface area contributed by atoms with Crippen molar-refractivity contribution in [2.24, 2.45) is 0 Å². The van der Waals surface area contributed by atoms with Gasteiger partial charge in [-0.15, -0.1) is 5.10 Å². The first-order valence-corrected chi connectivity index (χ1v) is 12.1. The zero-order valence-corrected chi connectivity index (χ0v) is 18.6. The highest BCUT2D eigenvalue weighted by molar-refractivity contribution is 7.90. The summed E-state index contributed by atoms with van der Waals surface area (Å²) in [5.41, 5.74) is 2.48. The fourth-order valence-electron chi connectivity index (χ4n) is 4.73. The van der Waals surface area contributed by atoms with Gasteiger partial charge in [0, 0.05) is 37.5 Å². The Labute approximate surface area is 182 Å². The van der Waals surface area contributed by atoms with Crippen LogP contribution in [-0.2, 0) is 21.2 Å². The van der Waals surface area contributed by atoms with Gasteiger partial charge in [-0.05, 0) is 62.2 Å². The molecule has 0 bridgehead atoms. The van der Waals surface area contributed by atoms with Crippen LogP contribution in [0.5, 0.6) is 0 Å². The Balaban J connectivity index is 1.59. The zero-order chi connectivity index (χ0) is 21.8. The lowest BCUT2D eigenvalue weighted by molar-refractivity contribution is -0.118. The number of ketones is 1. The van der Waals surface area contributed by atoms with Gasteiger partial charge in [-0.25, -0.2) is 0 Å². The third-order valence-electron chi connectivity index (χ3n) is 6.55. The number of piperazine rings is 1. The third kappa shape index (κ3) is 3.34. The quantitative estimate of drug-likeness (QED) is 0.623. The number of carbonyl (C=O) groups is 1. The molecule has 0 N–H and O–H groups in total. The fourth-order valence-corrected chi connectivity index (χ4v) is 6.07. The standard InChI is InChI=1S/C23H26N4O3S/c1-16(28)19-9-7-17-15-18(8-10-20(17)19)31(29,30)27-22-6-4-3-5-21(22)23(24-27)26-13-11-25(2)12-14-26/h3-6,8,10,15,19H,7,9,11-14H2,1-2H3. The minimum Gasteiger partial charge on any atom is -0.352 e. The second-order valence-corrected chi connectivity index (χ2v) is 10.3. The predicted octanol–water partition coefficient (Wildman–Crippen LogP) is 2.64. The smallest absolute Gasteiger partial charge is 0.283 e. The molecule has 3 aromatic rings. The van der Waals surface area contributed by atoms with E-state index in [0.29, 0.717) is 11.3 Å². The lowest BCUT2D eigenvalue weighted by atomic mass is 9.98. The molecular weight excluding hydrogens is 412 g/mol. The summed E-state index contributed by atoms with van der Waals surface area (Å²) in [6.07, 6.45) is 1.46. The molecule has 5 rings (SSSR count). The van der Waals surface area contributed by atoms with Gasteiger partial charge in [-0.1, -0.05) is 18.2 Å². The summed E-state index contributed by atoms with van der Waals surface area (Å²) in [5.74, 6) is 0.718. The SMILES string of the molecule is CC(=O)C1CCc2cc(S(=O)(=O)n3nc(N4CCN(C)CC4)c4ccccc43)ccc21. The highest BCUT2D eigenvalue weighted by Crippen LogP contribution is 2.36. The monoisotopic (exact) mass is 438 g/mol. The number of Topliss-reactive ketones (excluding diaryl/α,β-unsaturated/α-hetero) is 1. The van der Waals surface area contributed by atoms with Crippen LogP contribution in [0.4, 0.5) is 5.82 Å². The largest absolute Gasteiger partial charge is 0.352 e. The Hall–Kier alpha value is -2.71. The van der Waals surface area contributed by atoms with Crippen LogP contribution in [0.25, 0.3) is 10.9 Å². The van der Waals surface area contributed by atoms with Gasteiger partial charge in [-0.2, -0.15) is 12.5 Å². The number of para-hydroxylation sites is 1. The van der Waals surface area contributed by atoms with Gasteiger partial charge >= 0.3 is 0 Å². The number of aromatic nitrogens is 2. The molecule has 8 heteroatoms. The molecule has 1 aliphatic heterocycles. The molecule has 0 radical (unpaired) electrons. The molecule has 1 unspecified atom stereocenters. The average Bonchev–Trinajstić information content (AvgIpc) is 3.36. The Bertz CT molecular complexity index is 1270. The lowest BCUT2D eigenvalue weighted by Gasteiger charge is -2.32. The molecule has 162 valence electrons. The topological polar surface area (TPSA) is 75.5 Å². The second kappa shape index (κ2) is 7.46. The van der Waals surface area contributed by atoms with Crippen molar-refractivity contribution in [1.29, 1.82) is 0 Å².